The van der Waals surface area contributed by atoms with Crippen molar-refractivity contribution in [1.29, 1.82) is 0 Å². The van der Waals surface area contributed by atoms with Gasteiger partial charge in [0, 0.05) is 11.6 Å². The van der Waals surface area contributed by atoms with Gasteiger partial charge in [0.2, 0.25) is 0 Å². The minimum atomic E-state index is -0.0214. The monoisotopic (exact) mass is 276 g/mol. The third kappa shape index (κ3) is 4.33. The van der Waals surface area contributed by atoms with Crippen LogP contribution in [0.3, 0.4) is 0 Å². The molecule has 0 saturated carbocycles. The number of thiazole rings is 1. The summed E-state index contributed by atoms with van der Waals surface area (Å²) >= 11 is 1.61. The molecule has 102 valence electrons. The fourth-order valence-corrected chi connectivity index (χ4v) is 2.46. The zero-order valence-electron chi connectivity index (χ0n) is 11.2. The van der Waals surface area contributed by atoms with Crippen molar-refractivity contribution in [3.05, 3.63) is 46.4 Å². The topological polar surface area (TPSA) is 48.1 Å². The SMILES string of the molecule is CCCCOc1ccc(C[C@H](N)c2nccs2)cc1. The smallest absolute Gasteiger partial charge is 0.119 e. The van der Waals surface area contributed by atoms with E-state index in [1.807, 2.05) is 17.5 Å². The second-order valence-corrected chi connectivity index (χ2v) is 5.45. The highest BCUT2D eigenvalue weighted by Gasteiger charge is 2.09. The molecule has 1 aromatic carbocycles. The Labute approximate surface area is 118 Å². The summed E-state index contributed by atoms with van der Waals surface area (Å²) in [6.07, 6.45) is 4.85. The van der Waals surface area contributed by atoms with Gasteiger partial charge >= 0.3 is 0 Å². The van der Waals surface area contributed by atoms with Crippen LogP contribution in [0.1, 0.15) is 36.4 Å². The fourth-order valence-electron chi connectivity index (χ4n) is 1.81. The van der Waals surface area contributed by atoms with Crippen LogP contribution in [0.15, 0.2) is 35.8 Å². The molecule has 19 heavy (non-hydrogen) atoms. The van der Waals surface area contributed by atoms with Gasteiger partial charge in [-0.15, -0.1) is 11.3 Å². The van der Waals surface area contributed by atoms with Crippen LogP contribution in [-0.2, 0) is 6.42 Å². The number of hydrogen-bond donors (Lipinski definition) is 1. The molecule has 1 heterocycles. The van der Waals surface area contributed by atoms with E-state index in [1.165, 1.54) is 5.56 Å². The molecule has 0 aliphatic carbocycles. The Hall–Kier alpha value is -1.39. The van der Waals surface area contributed by atoms with Crippen molar-refractivity contribution in [3.63, 3.8) is 0 Å². The Morgan fingerprint density at radius 3 is 2.74 bits per heavy atom. The Kier molecular flexibility index (Phi) is 5.36. The molecule has 2 N–H and O–H groups in total. The van der Waals surface area contributed by atoms with E-state index in [2.05, 4.69) is 24.0 Å². The molecule has 4 heteroatoms. The summed E-state index contributed by atoms with van der Waals surface area (Å²) in [5.41, 5.74) is 7.34. The predicted octanol–water partition coefficient (Wildman–Crippen LogP) is 3.56. The molecular formula is C15H20N2OS. The third-order valence-electron chi connectivity index (χ3n) is 2.91. The summed E-state index contributed by atoms with van der Waals surface area (Å²) in [5, 5.41) is 2.95. The molecule has 0 aliphatic heterocycles. The zero-order chi connectivity index (χ0) is 13.5. The van der Waals surface area contributed by atoms with Gasteiger partial charge in [-0.25, -0.2) is 4.98 Å². The Balaban J connectivity index is 1.88. The van der Waals surface area contributed by atoms with E-state index in [4.69, 9.17) is 10.5 Å². The number of hydrogen-bond acceptors (Lipinski definition) is 4. The molecule has 0 fully saturated rings. The highest BCUT2D eigenvalue weighted by molar-refractivity contribution is 7.09. The van der Waals surface area contributed by atoms with Crippen LogP contribution < -0.4 is 10.5 Å². The lowest BCUT2D eigenvalue weighted by atomic mass is 10.1. The summed E-state index contributed by atoms with van der Waals surface area (Å²) in [6, 6.07) is 8.16. The first-order chi connectivity index (χ1) is 9.29. The lowest BCUT2D eigenvalue weighted by Gasteiger charge is -2.10. The second kappa shape index (κ2) is 7.26. The zero-order valence-corrected chi connectivity index (χ0v) is 12.0. The molecule has 0 bridgehead atoms. The summed E-state index contributed by atoms with van der Waals surface area (Å²) in [7, 11) is 0. The number of rotatable bonds is 7. The molecule has 2 rings (SSSR count). The largest absolute Gasteiger partial charge is 0.494 e. The second-order valence-electron chi connectivity index (χ2n) is 4.53. The van der Waals surface area contributed by atoms with Crippen LogP contribution in [0.4, 0.5) is 0 Å². The molecule has 0 aliphatic rings. The van der Waals surface area contributed by atoms with Gasteiger partial charge in [-0.05, 0) is 30.5 Å². The summed E-state index contributed by atoms with van der Waals surface area (Å²) < 4.78 is 5.64. The molecule has 1 aromatic heterocycles. The van der Waals surface area contributed by atoms with Crippen LogP contribution in [0.2, 0.25) is 0 Å². The standard InChI is InChI=1S/C15H20N2OS/c1-2-3-9-18-13-6-4-12(5-7-13)11-14(16)15-17-8-10-19-15/h4-8,10,14H,2-3,9,11,16H2,1H3/t14-/m0/s1. The van der Waals surface area contributed by atoms with Crippen LogP contribution in [0.25, 0.3) is 0 Å². The summed E-state index contributed by atoms with van der Waals surface area (Å²) in [6.45, 7) is 2.95. The molecule has 2 aromatic rings. The van der Waals surface area contributed by atoms with Crippen molar-refractivity contribution in [2.45, 2.75) is 32.2 Å². The van der Waals surface area contributed by atoms with Gasteiger partial charge in [0.05, 0.1) is 12.6 Å². The Morgan fingerprint density at radius 1 is 1.32 bits per heavy atom. The van der Waals surface area contributed by atoms with E-state index in [0.29, 0.717) is 0 Å². The van der Waals surface area contributed by atoms with Crippen LogP contribution in [0.5, 0.6) is 5.75 Å². The number of benzene rings is 1. The van der Waals surface area contributed by atoms with Gasteiger partial charge in [0.1, 0.15) is 10.8 Å². The van der Waals surface area contributed by atoms with Crippen molar-refractivity contribution < 1.29 is 4.74 Å². The third-order valence-corrected chi connectivity index (χ3v) is 3.82. The maximum Gasteiger partial charge on any atom is 0.119 e. The average Bonchev–Trinajstić information content (AvgIpc) is 2.95. The first kappa shape index (κ1) is 14.0. The molecule has 0 amide bonds. The number of nitrogens with zero attached hydrogens (tertiary/aromatic N) is 1. The van der Waals surface area contributed by atoms with Crippen molar-refractivity contribution in [2.24, 2.45) is 5.73 Å². The van der Waals surface area contributed by atoms with E-state index < -0.39 is 0 Å². The van der Waals surface area contributed by atoms with Gasteiger partial charge < -0.3 is 10.5 Å². The first-order valence-corrected chi connectivity index (χ1v) is 7.54. The minimum absolute atomic E-state index is 0.0214. The predicted molar refractivity (Wildman–Crippen MR) is 79.6 cm³/mol. The number of aromatic nitrogens is 1. The van der Waals surface area contributed by atoms with Crippen molar-refractivity contribution in [1.82, 2.24) is 4.98 Å². The van der Waals surface area contributed by atoms with E-state index >= 15 is 0 Å². The van der Waals surface area contributed by atoms with Crippen LogP contribution in [0, 0.1) is 0 Å². The van der Waals surface area contributed by atoms with Gasteiger partial charge in [-0.3, -0.25) is 0 Å². The first-order valence-electron chi connectivity index (χ1n) is 6.66. The lowest BCUT2D eigenvalue weighted by Crippen LogP contribution is -2.12. The molecule has 3 nitrogen and oxygen atoms in total. The van der Waals surface area contributed by atoms with E-state index in [-0.39, 0.29) is 6.04 Å². The van der Waals surface area contributed by atoms with Gasteiger partial charge in [0.15, 0.2) is 0 Å². The highest BCUT2D eigenvalue weighted by atomic mass is 32.1. The highest BCUT2D eigenvalue weighted by Crippen LogP contribution is 2.20. The molecule has 0 radical (unpaired) electrons. The van der Waals surface area contributed by atoms with E-state index in [1.54, 1.807) is 17.5 Å². The number of unbranched alkanes of at least 4 members (excludes halogenated alkanes) is 1. The Morgan fingerprint density at radius 2 is 2.11 bits per heavy atom. The molecule has 1 atom stereocenters. The summed E-state index contributed by atoms with van der Waals surface area (Å²) in [4.78, 5) is 4.25. The Bertz CT molecular complexity index is 467. The molecule has 0 saturated heterocycles. The van der Waals surface area contributed by atoms with Crippen molar-refractivity contribution in [2.75, 3.05) is 6.61 Å². The maximum absolute atomic E-state index is 6.12. The molecule has 0 spiro atoms. The maximum atomic E-state index is 6.12. The van der Waals surface area contributed by atoms with E-state index in [0.717, 1.165) is 36.6 Å². The van der Waals surface area contributed by atoms with Gasteiger partial charge in [-0.1, -0.05) is 25.5 Å². The van der Waals surface area contributed by atoms with Gasteiger partial charge in [-0.2, -0.15) is 0 Å². The molecule has 0 unspecified atom stereocenters. The van der Waals surface area contributed by atoms with Crippen molar-refractivity contribution >= 4 is 11.3 Å². The van der Waals surface area contributed by atoms with E-state index in [9.17, 15) is 0 Å². The quantitative estimate of drug-likeness (QED) is 0.787. The average molecular weight is 276 g/mol. The van der Waals surface area contributed by atoms with Crippen molar-refractivity contribution in [3.8, 4) is 5.75 Å². The van der Waals surface area contributed by atoms with Gasteiger partial charge in [0.25, 0.3) is 0 Å². The lowest BCUT2D eigenvalue weighted by molar-refractivity contribution is 0.309. The summed E-state index contributed by atoms with van der Waals surface area (Å²) in [5.74, 6) is 0.931. The van der Waals surface area contributed by atoms with Crippen LogP contribution in [-0.4, -0.2) is 11.6 Å². The number of ether oxygens (including phenoxy) is 1. The normalized spacial score (nSPS) is 12.3. The van der Waals surface area contributed by atoms with Crippen LogP contribution >= 0.6 is 11.3 Å². The number of nitrogens with two attached hydrogens (primary N) is 1. The minimum Gasteiger partial charge on any atom is -0.494 e. The fraction of sp³-hybridized carbons (Fsp3) is 0.400. The molecular weight excluding hydrogens is 256 g/mol.